The molecule has 0 saturated carbocycles. The number of piperidine rings is 1. The Balaban J connectivity index is 2.33. The van der Waals surface area contributed by atoms with Gasteiger partial charge < -0.3 is 16.0 Å². The number of carbonyl (C=O) groups excluding carboxylic acids is 1. The first-order chi connectivity index (χ1) is 7.40. The maximum atomic E-state index is 11.7. The number of hydrogen-bond acceptors (Lipinski definition) is 3. The summed E-state index contributed by atoms with van der Waals surface area (Å²) in [5.74, 6) is 0.0791. The third kappa shape index (κ3) is 4.94. The molecule has 1 unspecified atom stereocenters. The summed E-state index contributed by atoms with van der Waals surface area (Å²) in [5, 5.41) is 3.08. The molecular weight excluding hydrogens is 202 g/mol. The van der Waals surface area contributed by atoms with Crippen molar-refractivity contribution in [3.8, 4) is 0 Å². The molecule has 0 aromatic heterocycles. The summed E-state index contributed by atoms with van der Waals surface area (Å²) in [5.41, 5.74) is 5.41. The molecule has 16 heavy (non-hydrogen) atoms. The van der Waals surface area contributed by atoms with Gasteiger partial charge in [0, 0.05) is 24.5 Å². The van der Waals surface area contributed by atoms with Crippen LogP contribution in [0, 0.1) is 0 Å². The molecule has 1 amide bonds. The van der Waals surface area contributed by atoms with Gasteiger partial charge in [0.15, 0.2) is 0 Å². The molecule has 0 radical (unpaired) electrons. The lowest BCUT2D eigenvalue weighted by Crippen LogP contribution is -2.49. The van der Waals surface area contributed by atoms with Crippen molar-refractivity contribution in [2.75, 3.05) is 19.6 Å². The second-order valence-electron chi connectivity index (χ2n) is 5.47. The van der Waals surface area contributed by atoms with Crippen molar-refractivity contribution < 1.29 is 4.79 Å². The monoisotopic (exact) mass is 227 g/mol. The molecule has 1 aliphatic rings. The largest absolute Gasteiger partial charge is 0.352 e. The molecule has 0 aromatic rings. The average Bonchev–Trinajstić information content (AvgIpc) is 2.15. The van der Waals surface area contributed by atoms with Gasteiger partial charge in [0.1, 0.15) is 0 Å². The first kappa shape index (κ1) is 13.5. The summed E-state index contributed by atoms with van der Waals surface area (Å²) in [6.07, 6.45) is 2.66. The van der Waals surface area contributed by atoms with Crippen LogP contribution in [0.15, 0.2) is 0 Å². The second kappa shape index (κ2) is 5.64. The summed E-state index contributed by atoms with van der Waals surface area (Å²) in [7, 11) is 0. The highest BCUT2D eigenvalue weighted by atomic mass is 16.1. The number of rotatable bonds is 4. The molecule has 94 valence electrons. The molecule has 0 spiro atoms. The number of amides is 1. The Morgan fingerprint density at radius 3 is 2.81 bits per heavy atom. The zero-order valence-electron chi connectivity index (χ0n) is 10.8. The average molecular weight is 227 g/mol. The predicted molar refractivity (Wildman–Crippen MR) is 66.2 cm³/mol. The van der Waals surface area contributed by atoms with Crippen molar-refractivity contribution in [2.24, 2.45) is 5.73 Å². The van der Waals surface area contributed by atoms with E-state index in [1.807, 2.05) is 13.8 Å². The summed E-state index contributed by atoms with van der Waals surface area (Å²) < 4.78 is 0. The van der Waals surface area contributed by atoms with E-state index < -0.39 is 5.54 Å². The Kier molecular flexibility index (Phi) is 4.74. The predicted octanol–water partition coefficient (Wildman–Crippen LogP) is 0.714. The van der Waals surface area contributed by atoms with Crippen molar-refractivity contribution in [3.05, 3.63) is 0 Å². The molecule has 0 bridgehead atoms. The van der Waals surface area contributed by atoms with E-state index in [0.29, 0.717) is 12.5 Å². The van der Waals surface area contributed by atoms with Gasteiger partial charge >= 0.3 is 0 Å². The number of likely N-dealkylation sites (tertiary alicyclic amines) is 1. The van der Waals surface area contributed by atoms with Gasteiger partial charge in [-0.25, -0.2) is 0 Å². The molecule has 1 aliphatic heterocycles. The van der Waals surface area contributed by atoms with Gasteiger partial charge in [-0.05, 0) is 39.8 Å². The van der Waals surface area contributed by atoms with E-state index in [9.17, 15) is 4.79 Å². The summed E-state index contributed by atoms with van der Waals surface area (Å²) in [4.78, 5) is 14.1. The Labute approximate surface area is 98.6 Å². The molecular formula is C12H25N3O. The summed E-state index contributed by atoms with van der Waals surface area (Å²) in [6.45, 7) is 9.12. The molecule has 0 aliphatic carbocycles. The van der Waals surface area contributed by atoms with E-state index in [1.165, 1.54) is 6.42 Å². The van der Waals surface area contributed by atoms with Crippen LogP contribution in [0.3, 0.4) is 0 Å². The van der Waals surface area contributed by atoms with Gasteiger partial charge in [0.25, 0.3) is 0 Å². The van der Waals surface area contributed by atoms with Gasteiger partial charge in [-0.1, -0.05) is 6.92 Å². The van der Waals surface area contributed by atoms with Crippen LogP contribution in [-0.4, -0.2) is 42.0 Å². The highest BCUT2D eigenvalue weighted by Gasteiger charge is 2.22. The van der Waals surface area contributed by atoms with E-state index in [0.717, 1.165) is 26.1 Å². The van der Waals surface area contributed by atoms with Gasteiger partial charge in [-0.2, -0.15) is 0 Å². The number of nitrogens with two attached hydrogens (primary N) is 1. The van der Waals surface area contributed by atoms with Gasteiger partial charge in [-0.3, -0.25) is 4.79 Å². The minimum atomic E-state index is -0.413. The van der Waals surface area contributed by atoms with Gasteiger partial charge in [0.2, 0.25) is 5.91 Å². The second-order valence-corrected chi connectivity index (χ2v) is 5.47. The van der Waals surface area contributed by atoms with Crippen LogP contribution in [0.4, 0.5) is 0 Å². The fourth-order valence-corrected chi connectivity index (χ4v) is 2.15. The van der Waals surface area contributed by atoms with Crippen LogP contribution < -0.4 is 11.1 Å². The van der Waals surface area contributed by atoms with Crippen LogP contribution in [0.1, 0.15) is 40.0 Å². The number of likely N-dealkylation sites (N-methyl/N-ethyl adjacent to an activating group) is 1. The van der Waals surface area contributed by atoms with E-state index in [1.54, 1.807) is 0 Å². The Hall–Kier alpha value is -0.610. The van der Waals surface area contributed by atoms with E-state index in [4.69, 9.17) is 5.73 Å². The quantitative estimate of drug-likeness (QED) is 0.744. The molecule has 1 atom stereocenters. The molecule has 1 fully saturated rings. The molecule has 0 aromatic carbocycles. The maximum absolute atomic E-state index is 11.7. The standard InChI is InChI=1S/C12H25N3O/c1-4-15-7-5-6-10(9-15)14-11(16)8-12(2,3)13/h10H,4-9,13H2,1-3H3,(H,14,16). The molecule has 4 nitrogen and oxygen atoms in total. The van der Waals surface area contributed by atoms with E-state index in [2.05, 4.69) is 17.1 Å². The SMILES string of the molecule is CCN1CCCC(NC(=O)CC(C)(C)N)C1. The lowest BCUT2D eigenvalue weighted by atomic mass is 10.0. The Morgan fingerprint density at radius 2 is 2.25 bits per heavy atom. The highest BCUT2D eigenvalue weighted by molar-refractivity contribution is 5.77. The lowest BCUT2D eigenvalue weighted by Gasteiger charge is -2.32. The van der Waals surface area contributed by atoms with Crippen LogP contribution in [-0.2, 0) is 4.79 Å². The third-order valence-electron chi connectivity index (χ3n) is 2.93. The van der Waals surface area contributed by atoms with Crippen molar-refractivity contribution in [1.82, 2.24) is 10.2 Å². The fourth-order valence-electron chi connectivity index (χ4n) is 2.15. The molecule has 1 rings (SSSR count). The van der Waals surface area contributed by atoms with Crippen LogP contribution in [0.25, 0.3) is 0 Å². The lowest BCUT2D eigenvalue weighted by molar-refractivity contribution is -0.123. The number of nitrogens with zero attached hydrogens (tertiary/aromatic N) is 1. The maximum Gasteiger partial charge on any atom is 0.222 e. The van der Waals surface area contributed by atoms with Gasteiger partial charge in [0.05, 0.1) is 0 Å². The molecule has 1 heterocycles. The minimum absolute atomic E-state index is 0.0791. The molecule has 3 N–H and O–H groups in total. The zero-order valence-corrected chi connectivity index (χ0v) is 10.8. The van der Waals surface area contributed by atoms with Crippen molar-refractivity contribution in [3.63, 3.8) is 0 Å². The van der Waals surface area contributed by atoms with Crippen molar-refractivity contribution >= 4 is 5.91 Å². The minimum Gasteiger partial charge on any atom is -0.352 e. The number of nitrogens with one attached hydrogen (secondary N) is 1. The number of hydrogen-bond donors (Lipinski definition) is 2. The normalized spacial score (nSPS) is 23.1. The smallest absolute Gasteiger partial charge is 0.222 e. The Morgan fingerprint density at radius 1 is 1.56 bits per heavy atom. The summed E-state index contributed by atoms with van der Waals surface area (Å²) >= 11 is 0. The molecule has 1 saturated heterocycles. The topological polar surface area (TPSA) is 58.4 Å². The first-order valence-corrected chi connectivity index (χ1v) is 6.21. The van der Waals surface area contributed by atoms with Crippen LogP contribution in [0.2, 0.25) is 0 Å². The Bertz CT molecular complexity index is 235. The summed E-state index contributed by atoms with van der Waals surface area (Å²) in [6, 6.07) is 0.309. The van der Waals surface area contributed by atoms with Crippen LogP contribution in [0.5, 0.6) is 0 Å². The van der Waals surface area contributed by atoms with E-state index in [-0.39, 0.29) is 5.91 Å². The van der Waals surface area contributed by atoms with Crippen molar-refractivity contribution in [1.29, 1.82) is 0 Å². The van der Waals surface area contributed by atoms with E-state index >= 15 is 0 Å². The highest BCUT2D eigenvalue weighted by Crippen LogP contribution is 2.10. The van der Waals surface area contributed by atoms with Crippen molar-refractivity contribution in [2.45, 2.75) is 51.6 Å². The first-order valence-electron chi connectivity index (χ1n) is 6.21. The van der Waals surface area contributed by atoms with Gasteiger partial charge in [-0.15, -0.1) is 0 Å². The van der Waals surface area contributed by atoms with Crippen LogP contribution >= 0.6 is 0 Å². The fraction of sp³-hybridized carbons (Fsp3) is 0.917. The third-order valence-corrected chi connectivity index (χ3v) is 2.93. The zero-order chi connectivity index (χ0) is 12.2. The molecule has 4 heteroatoms. The number of carbonyl (C=O) groups is 1.